The second kappa shape index (κ2) is 10.3. The highest BCUT2D eigenvalue weighted by atomic mass is 32.1. The van der Waals surface area contributed by atoms with E-state index >= 15 is 0 Å². The minimum atomic E-state index is -4.52. The van der Waals surface area contributed by atoms with E-state index in [0.29, 0.717) is 16.0 Å². The summed E-state index contributed by atoms with van der Waals surface area (Å²) in [5.41, 5.74) is -0.485. The number of hydrogen-bond acceptors (Lipinski definition) is 9. The summed E-state index contributed by atoms with van der Waals surface area (Å²) < 4.78 is 39.3. The standard InChI is InChI=1S/C22H17F3N6O2S2/c1-12-2-3-13(8-14(12)22(23,24)25)30-20(33)17-10-27-19(35-17)5-4-16(32)15-9-18(29-11-28-15)31-21-26-6-7-34-21/h2-3,6-11H,4-5H2,1H3,(H,30,33)(H,26,28,29,31). The molecule has 0 spiro atoms. The zero-order chi connectivity index (χ0) is 25.0. The molecule has 0 aliphatic heterocycles. The topological polar surface area (TPSA) is 110 Å². The third kappa shape index (κ3) is 6.25. The number of carbonyl (C=O) groups is 2. The van der Waals surface area contributed by atoms with Gasteiger partial charge in [0.2, 0.25) is 0 Å². The molecule has 8 nitrogen and oxygen atoms in total. The van der Waals surface area contributed by atoms with E-state index in [0.717, 1.165) is 17.4 Å². The number of carbonyl (C=O) groups excluding carboxylic acids is 2. The largest absolute Gasteiger partial charge is 0.416 e. The highest BCUT2D eigenvalue weighted by Crippen LogP contribution is 2.33. The normalized spacial score (nSPS) is 11.3. The summed E-state index contributed by atoms with van der Waals surface area (Å²) in [6, 6.07) is 5.13. The lowest BCUT2D eigenvalue weighted by molar-refractivity contribution is -0.138. The first-order valence-electron chi connectivity index (χ1n) is 10.1. The number of nitrogens with one attached hydrogen (secondary N) is 2. The molecule has 0 fully saturated rings. The number of halogens is 3. The zero-order valence-corrected chi connectivity index (χ0v) is 19.7. The Hall–Kier alpha value is -3.71. The van der Waals surface area contributed by atoms with Gasteiger partial charge in [-0.2, -0.15) is 13.2 Å². The molecule has 0 aliphatic carbocycles. The number of aromatic nitrogens is 4. The van der Waals surface area contributed by atoms with Gasteiger partial charge in [-0.15, -0.1) is 22.7 Å². The highest BCUT2D eigenvalue weighted by Gasteiger charge is 2.32. The third-order valence-electron chi connectivity index (χ3n) is 4.76. The molecule has 0 aliphatic rings. The predicted octanol–water partition coefficient (Wildman–Crippen LogP) is 5.53. The minimum Gasteiger partial charge on any atom is -0.321 e. The van der Waals surface area contributed by atoms with E-state index < -0.39 is 17.6 Å². The van der Waals surface area contributed by atoms with Crippen LogP contribution in [0.2, 0.25) is 0 Å². The summed E-state index contributed by atoms with van der Waals surface area (Å²) in [5.74, 6) is -0.364. The van der Waals surface area contributed by atoms with Crippen molar-refractivity contribution in [1.82, 2.24) is 19.9 Å². The number of thiazole rings is 2. The molecule has 0 atom stereocenters. The molecule has 0 unspecified atom stereocenters. The number of benzene rings is 1. The molecular weight excluding hydrogens is 501 g/mol. The van der Waals surface area contributed by atoms with Gasteiger partial charge in [0.1, 0.15) is 22.7 Å². The Morgan fingerprint density at radius 3 is 2.66 bits per heavy atom. The van der Waals surface area contributed by atoms with Crippen molar-refractivity contribution in [2.75, 3.05) is 10.6 Å². The van der Waals surface area contributed by atoms with E-state index in [2.05, 4.69) is 30.6 Å². The van der Waals surface area contributed by atoms with E-state index in [9.17, 15) is 22.8 Å². The number of Topliss-reactive ketones (excluding diaryl/α,β-unsaturated/α-hetero) is 1. The number of aryl methyl sites for hydroxylation is 2. The van der Waals surface area contributed by atoms with Gasteiger partial charge in [-0.1, -0.05) is 6.07 Å². The molecule has 2 N–H and O–H groups in total. The maximum atomic E-state index is 13.1. The van der Waals surface area contributed by atoms with Crippen molar-refractivity contribution in [2.24, 2.45) is 0 Å². The number of alkyl halides is 3. The van der Waals surface area contributed by atoms with Gasteiger partial charge in [-0.25, -0.2) is 19.9 Å². The van der Waals surface area contributed by atoms with Crippen LogP contribution in [0.4, 0.5) is 29.8 Å². The summed E-state index contributed by atoms with van der Waals surface area (Å²) in [5, 5.41) is 8.43. The van der Waals surface area contributed by atoms with E-state index in [1.807, 2.05) is 0 Å². The van der Waals surface area contributed by atoms with Crippen LogP contribution in [0.15, 0.2) is 48.4 Å². The Morgan fingerprint density at radius 1 is 1.09 bits per heavy atom. The fraction of sp³-hybridized carbons (Fsp3) is 0.182. The van der Waals surface area contributed by atoms with E-state index in [1.165, 1.54) is 49.0 Å². The maximum Gasteiger partial charge on any atom is 0.416 e. The molecule has 0 radical (unpaired) electrons. The first-order chi connectivity index (χ1) is 16.7. The minimum absolute atomic E-state index is 0.0315. The highest BCUT2D eigenvalue weighted by molar-refractivity contribution is 7.14. The fourth-order valence-corrected chi connectivity index (χ4v) is 4.40. The van der Waals surface area contributed by atoms with Gasteiger partial charge in [-0.3, -0.25) is 9.59 Å². The number of rotatable bonds is 8. The first kappa shape index (κ1) is 24.4. The number of ketones is 1. The number of hydrogen-bond donors (Lipinski definition) is 2. The van der Waals surface area contributed by atoms with Crippen LogP contribution in [0.1, 0.15) is 42.7 Å². The lowest BCUT2D eigenvalue weighted by atomic mass is 10.1. The van der Waals surface area contributed by atoms with Gasteiger partial charge in [0, 0.05) is 36.2 Å². The Morgan fingerprint density at radius 2 is 1.91 bits per heavy atom. The molecule has 3 aromatic heterocycles. The van der Waals surface area contributed by atoms with E-state index in [1.54, 1.807) is 11.6 Å². The summed E-state index contributed by atoms with van der Waals surface area (Å²) in [4.78, 5) is 41.6. The van der Waals surface area contributed by atoms with Crippen LogP contribution in [0, 0.1) is 6.92 Å². The van der Waals surface area contributed by atoms with Crippen molar-refractivity contribution in [3.05, 3.63) is 75.1 Å². The predicted molar refractivity (Wildman–Crippen MR) is 126 cm³/mol. The molecule has 35 heavy (non-hydrogen) atoms. The van der Waals surface area contributed by atoms with Crippen molar-refractivity contribution in [1.29, 1.82) is 0 Å². The van der Waals surface area contributed by atoms with Gasteiger partial charge in [-0.05, 0) is 24.6 Å². The molecule has 1 aromatic carbocycles. The van der Waals surface area contributed by atoms with Crippen molar-refractivity contribution in [2.45, 2.75) is 25.9 Å². The van der Waals surface area contributed by atoms with E-state index in [-0.39, 0.29) is 40.4 Å². The molecule has 0 bridgehead atoms. The first-order valence-corrected chi connectivity index (χ1v) is 11.8. The summed E-state index contributed by atoms with van der Waals surface area (Å²) in [7, 11) is 0. The van der Waals surface area contributed by atoms with Gasteiger partial charge in [0.05, 0.1) is 16.8 Å². The average Bonchev–Trinajstić information content (AvgIpc) is 3.50. The molecule has 180 valence electrons. The molecule has 0 saturated carbocycles. The summed E-state index contributed by atoms with van der Waals surface area (Å²) in [6.07, 6.45) is 0.122. The molecule has 4 rings (SSSR count). The van der Waals surface area contributed by atoms with Gasteiger partial charge in [0.25, 0.3) is 5.91 Å². The Kier molecular flexibility index (Phi) is 7.17. The summed E-state index contributed by atoms with van der Waals surface area (Å²) in [6.45, 7) is 1.35. The lowest BCUT2D eigenvalue weighted by Crippen LogP contribution is -2.13. The van der Waals surface area contributed by atoms with Crippen LogP contribution in [-0.4, -0.2) is 31.6 Å². The monoisotopic (exact) mass is 518 g/mol. The van der Waals surface area contributed by atoms with Crippen LogP contribution in [-0.2, 0) is 12.6 Å². The molecule has 1 amide bonds. The van der Waals surface area contributed by atoms with Crippen LogP contribution in [0.25, 0.3) is 0 Å². The average molecular weight is 519 g/mol. The maximum absolute atomic E-state index is 13.1. The SMILES string of the molecule is Cc1ccc(NC(=O)c2cnc(CCC(=O)c3cc(Nc4nccs4)ncn3)s2)cc1C(F)(F)F. The van der Waals surface area contributed by atoms with Crippen molar-refractivity contribution in [3.63, 3.8) is 0 Å². The van der Waals surface area contributed by atoms with Gasteiger partial charge < -0.3 is 10.6 Å². The smallest absolute Gasteiger partial charge is 0.321 e. The molecule has 0 saturated heterocycles. The Balaban J connectivity index is 1.35. The second-order valence-electron chi connectivity index (χ2n) is 7.27. The Bertz CT molecular complexity index is 1360. The van der Waals surface area contributed by atoms with Crippen molar-refractivity contribution in [3.8, 4) is 0 Å². The zero-order valence-electron chi connectivity index (χ0n) is 18.1. The van der Waals surface area contributed by atoms with Crippen molar-refractivity contribution >= 4 is 51.0 Å². The van der Waals surface area contributed by atoms with Crippen LogP contribution in [0.3, 0.4) is 0 Å². The third-order valence-corrected chi connectivity index (χ3v) is 6.51. The second-order valence-corrected chi connectivity index (χ2v) is 9.28. The van der Waals surface area contributed by atoms with Gasteiger partial charge >= 0.3 is 6.18 Å². The van der Waals surface area contributed by atoms with Gasteiger partial charge in [0.15, 0.2) is 10.9 Å². The van der Waals surface area contributed by atoms with Crippen LogP contribution < -0.4 is 10.6 Å². The molecule has 3 heterocycles. The quantitative estimate of drug-likeness (QED) is 0.295. The lowest BCUT2D eigenvalue weighted by Gasteiger charge is -2.12. The number of amides is 1. The number of anilines is 3. The fourth-order valence-electron chi connectivity index (χ4n) is 3.05. The molecule has 13 heteroatoms. The number of nitrogens with zero attached hydrogens (tertiary/aromatic N) is 4. The molecule has 4 aromatic rings. The molecular formula is C22H17F3N6O2S2. The van der Waals surface area contributed by atoms with Crippen molar-refractivity contribution < 1.29 is 22.8 Å². The van der Waals surface area contributed by atoms with Crippen LogP contribution in [0.5, 0.6) is 0 Å². The van der Waals surface area contributed by atoms with Crippen LogP contribution >= 0.6 is 22.7 Å². The summed E-state index contributed by atoms with van der Waals surface area (Å²) >= 11 is 2.46. The van der Waals surface area contributed by atoms with E-state index in [4.69, 9.17) is 0 Å². The Labute approximate surface area is 205 Å².